The van der Waals surface area contributed by atoms with Gasteiger partial charge in [0, 0.05) is 6.54 Å². The highest BCUT2D eigenvalue weighted by Crippen LogP contribution is 2.23. The molecular weight excluding hydrogens is 372 g/mol. The first kappa shape index (κ1) is 19.0. The van der Waals surface area contributed by atoms with Crippen LogP contribution in [0.1, 0.15) is 39.3 Å². The lowest BCUT2D eigenvalue weighted by Gasteiger charge is -2.27. The normalized spacial score (nSPS) is 17.5. The number of nitrogen functional groups attached to an aromatic ring is 1. The number of likely N-dealkylation sites (tertiary alicyclic amines) is 1. The van der Waals surface area contributed by atoms with E-state index in [4.69, 9.17) is 14.9 Å². The first-order valence-corrected chi connectivity index (χ1v) is 9.55. The minimum absolute atomic E-state index is 0.0435. The summed E-state index contributed by atoms with van der Waals surface area (Å²) in [5, 5.41) is 4.41. The summed E-state index contributed by atoms with van der Waals surface area (Å²) >= 11 is 0. The molecule has 29 heavy (non-hydrogen) atoms. The molecule has 1 amide bonds. The van der Waals surface area contributed by atoms with E-state index in [0.717, 1.165) is 12.8 Å². The predicted molar refractivity (Wildman–Crippen MR) is 108 cm³/mol. The molecule has 3 aromatic heterocycles. The van der Waals surface area contributed by atoms with Crippen LogP contribution in [-0.2, 0) is 4.74 Å². The number of rotatable bonds is 3. The summed E-state index contributed by atoms with van der Waals surface area (Å²) in [6.07, 6.45) is 8.61. The van der Waals surface area contributed by atoms with Crippen LogP contribution in [0.3, 0.4) is 0 Å². The van der Waals surface area contributed by atoms with Crippen LogP contribution in [-0.4, -0.2) is 48.8 Å². The summed E-state index contributed by atoms with van der Waals surface area (Å²) in [4.78, 5) is 22.9. The van der Waals surface area contributed by atoms with Gasteiger partial charge in [0.2, 0.25) is 5.82 Å². The van der Waals surface area contributed by atoms with Gasteiger partial charge in [0.25, 0.3) is 0 Å². The van der Waals surface area contributed by atoms with E-state index in [9.17, 15) is 4.79 Å². The number of hydrogen-bond acceptors (Lipinski definition) is 7. The Morgan fingerprint density at radius 3 is 2.93 bits per heavy atom. The lowest BCUT2D eigenvalue weighted by Crippen LogP contribution is -2.39. The van der Waals surface area contributed by atoms with Crippen LogP contribution in [0.25, 0.3) is 23.3 Å². The molecule has 0 saturated carbocycles. The Labute approximate surface area is 168 Å². The van der Waals surface area contributed by atoms with Gasteiger partial charge in [-0.05, 0) is 51.8 Å². The lowest BCUT2D eigenvalue weighted by atomic mass is 10.2. The SMILES string of the molecule is CC(C)(C)OC(=O)N1CCC[C@H]1/C=C/c1cn2nc(-c3ccco3)nc2c(N)n1. The van der Waals surface area contributed by atoms with Crippen molar-refractivity contribution in [3.63, 3.8) is 0 Å². The minimum atomic E-state index is -0.520. The molecule has 1 saturated heterocycles. The molecule has 4 rings (SSSR count). The van der Waals surface area contributed by atoms with Crippen LogP contribution in [0.5, 0.6) is 0 Å². The number of hydrogen-bond donors (Lipinski definition) is 1. The molecule has 0 bridgehead atoms. The zero-order valence-corrected chi connectivity index (χ0v) is 16.7. The fourth-order valence-corrected chi connectivity index (χ4v) is 3.27. The number of furan rings is 1. The van der Waals surface area contributed by atoms with E-state index in [0.29, 0.717) is 29.5 Å². The number of ether oxygens (including phenoxy) is 1. The molecule has 9 heteroatoms. The standard InChI is InChI=1S/C20H24N6O3/c1-20(2,3)29-19(27)25-10-4-6-14(25)9-8-13-12-26-18(16(21)22-13)23-17(24-26)15-7-5-11-28-15/h5,7-9,11-12,14H,4,6,10H2,1-3H3,(H2,21,22)/b9-8+/t14-/m0/s1. The second kappa shape index (κ2) is 7.23. The number of nitrogens with two attached hydrogens (primary N) is 1. The molecule has 152 valence electrons. The van der Waals surface area contributed by atoms with Crippen LogP contribution in [0, 0.1) is 0 Å². The molecule has 0 aliphatic carbocycles. The molecule has 1 fully saturated rings. The molecular formula is C20H24N6O3. The summed E-state index contributed by atoms with van der Waals surface area (Å²) < 4.78 is 12.4. The number of nitrogens with zero attached hydrogens (tertiary/aromatic N) is 5. The fourth-order valence-electron chi connectivity index (χ4n) is 3.27. The molecule has 4 heterocycles. The molecule has 9 nitrogen and oxygen atoms in total. The van der Waals surface area contributed by atoms with Crippen LogP contribution in [0.4, 0.5) is 10.6 Å². The van der Waals surface area contributed by atoms with E-state index in [1.807, 2.05) is 32.9 Å². The van der Waals surface area contributed by atoms with Gasteiger partial charge < -0.3 is 19.8 Å². The summed E-state index contributed by atoms with van der Waals surface area (Å²) in [5.74, 6) is 1.27. The summed E-state index contributed by atoms with van der Waals surface area (Å²) in [6, 6.07) is 3.51. The van der Waals surface area contributed by atoms with Crippen molar-refractivity contribution in [2.75, 3.05) is 12.3 Å². The Hall–Kier alpha value is -3.36. The highest BCUT2D eigenvalue weighted by Gasteiger charge is 2.30. The van der Waals surface area contributed by atoms with Crippen LogP contribution in [0.2, 0.25) is 0 Å². The molecule has 0 unspecified atom stereocenters. The van der Waals surface area contributed by atoms with Crippen molar-refractivity contribution in [2.45, 2.75) is 45.3 Å². The fraction of sp³-hybridized carbons (Fsp3) is 0.400. The van der Waals surface area contributed by atoms with Gasteiger partial charge in [-0.3, -0.25) is 0 Å². The number of carbonyl (C=O) groups is 1. The van der Waals surface area contributed by atoms with Gasteiger partial charge >= 0.3 is 6.09 Å². The van der Waals surface area contributed by atoms with Crippen LogP contribution < -0.4 is 5.73 Å². The van der Waals surface area contributed by atoms with Crippen molar-refractivity contribution in [2.24, 2.45) is 0 Å². The number of anilines is 1. The summed E-state index contributed by atoms with van der Waals surface area (Å²) in [5.41, 5.74) is 6.64. The average Bonchev–Trinajstić information content (AvgIpc) is 3.37. The zero-order chi connectivity index (χ0) is 20.6. The Kier molecular flexibility index (Phi) is 4.73. The van der Waals surface area contributed by atoms with Gasteiger partial charge in [-0.25, -0.2) is 19.3 Å². The van der Waals surface area contributed by atoms with Crippen LogP contribution in [0.15, 0.2) is 35.1 Å². The van der Waals surface area contributed by atoms with E-state index in [2.05, 4.69) is 15.1 Å². The first-order chi connectivity index (χ1) is 13.8. The lowest BCUT2D eigenvalue weighted by molar-refractivity contribution is 0.0256. The first-order valence-electron chi connectivity index (χ1n) is 9.55. The second-order valence-electron chi connectivity index (χ2n) is 7.97. The summed E-state index contributed by atoms with van der Waals surface area (Å²) in [7, 11) is 0. The molecule has 0 radical (unpaired) electrons. The molecule has 1 aliphatic rings. The highest BCUT2D eigenvalue weighted by atomic mass is 16.6. The quantitative estimate of drug-likeness (QED) is 0.722. The van der Waals surface area contributed by atoms with Crippen molar-refractivity contribution in [3.8, 4) is 11.6 Å². The smallest absolute Gasteiger partial charge is 0.410 e. The minimum Gasteiger partial charge on any atom is -0.461 e. The molecule has 1 atom stereocenters. The van der Waals surface area contributed by atoms with Crippen LogP contribution >= 0.6 is 0 Å². The molecule has 3 aromatic rings. The maximum Gasteiger partial charge on any atom is 0.410 e. The van der Waals surface area contributed by atoms with Gasteiger partial charge in [-0.15, -0.1) is 5.10 Å². The van der Waals surface area contributed by atoms with E-state index in [-0.39, 0.29) is 18.0 Å². The maximum atomic E-state index is 12.4. The number of amides is 1. The average molecular weight is 396 g/mol. The Morgan fingerprint density at radius 2 is 2.21 bits per heavy atom. The van der Waals surface area contributed by atoms with Crippen molar-refractivity contribution in [1.29, 1.82) is 0 Å². The van der Waals surface area contributed by atoms with E-state index in [1.54, 1.807) is 34.0 Å². The third kappa shape index (κ3) is 4.08. The largest absolute Gasteiger partial charge is 0.461 e. The molecule has 1 aliphatic heterocycles. The van der Waals surface area contributed by atoms with E-state index < -0.39 is 5.60 Å². The van der Waals surface area contributed by atoms with Gasteiger partial charge in [0.1, 0.15) is 5.60 Å². The van der Waals surface area contributed by atoms with Crippen molar-refractivity contribution in [3.05, 3.63) is 36.4 Å². The van der Waals surface area contributed by atoms with E-state index >= 15 is 0 Å². The maximum absolute atomic E-state index is 12.4. The number of fused-ring (bicyclic) bond motifs is 1. The molecule has 2 N–H and O–H groups in total. The number of carbonyl (C=O) groups excluding carboxylic acids is 1. The van der Waals surface area contributed by atoms with Gasteiger partial charge in [0.15, 0.2) is 17.2 Å². The van der Waals surface area contributed by atoms with Crippen molar-refractivity contribution < 1.29 is 13.9 Å². The number of aromatic nitrogens is 4. The third-order valence-electron chi connectivity index (χ3n) is 4.52. The zero-order valence-electron chi connectivity index (χ0n) is 16.7. The van der Waals surface area contributed by atoms with Gasteiger partial charge in [0.05, 0.1) is 24.2 Å². The third-order valence-corrected chi connectivity index (χ3v) is 4.52. The van der Waals surface area contributed by atoms with Gasteiger partial charge in [-0.1, -0.05) is 6.08 Å². The molecule has 0 aromatic carbocycles. The van der Waals surface area contributed by atoms with Gasteiger partial charge in [-0.2, -0.15) is 0 Å². The predicted octanol–water partition coefficient (Wildman–Crippen LogP) is 3.38. The highest BCUT2D eigenvalue weighted by molar-refractivity contribution is 5.70. The monoisotopic (exact) mass is 396 g/mol. The van der Waals surface area contributed by atoms with Crippen molar-refractivity contribution >= 4 is 23.6 Å². The van der Waals surface area contributed by atoms with E-state index in [1.165, 1.54) is 0 Å². The topological polar surface area (TPSA) is 112 Å². The van der Waals surface area contributed by atoms with Crippen molar-refractivity contribution in [1.82, 2.24) is 24.5 Å². The molecule has 0 spiro atoms. The summed E-state index contributed by atoms with van der Waals surface area (Å²) in [6.45, 7) is 6.27. The Balaban J connectivity index is 1.55. The Bertz CT molecular complexity index is 1050. The Morgan fingerprint density at radius 1 is 1.38 bits per heavy atom. The second-order valence-corrected chi connectivity index (χ2v) is 7.97.